The summed E-state index contributed by atoms with van der Waals surface area (Å²) >= 11 is 0. The first-order valence-corrected chi connectivity index (χ1v) is 15.8. The molecule has 45 heavy (non-hydrogen) atoms. The number of fused-ring (bicyclic) bond motifs is 7. The van der Waals surface area contributed by atoms with Crippen LogP contribution in [-0.4, -0.2) is 9.97 Å². The summed E-state index contributed by atoms with van der Waals surface area (Å²) in [4.78, 5) is 10.1. The number of benzene rings is 6. The van der Waals surface area contributed by atoms with Gasteiger partial charge in [0, 0.05) is 29.9 Å². The molecule has 0 amide bonds. The van der Waals surface area contributed by atoms with E-state index in [-0.39, 0.29) is 0 Å². The fraction of sp³-hybridized carbons (Fsp3) is 0.116. The van der Waals surface area contributed by atoms with E-state index in [4.69, 9.17) is 9.97 Å². The Bertz CT molecular complexity index is 2380. The summed E-state index contributed by atoms with van der Waals surface area (Å²) in [6, 6.07) is 36.2. The SMILES string of the molecule is Cc1cccc2cc3c(-c4cnc5c(c4)Cc4cc(-c6ccc(C)c7cc8c(C)cccc8cc67)cnc4-5)ccc(C)c3cc12. The highest BCUT2D eigenvalue weighted by atomic mass is 14.8. The summed E-state index contributed by atoms with van der Waals surface area (Å²) in [7, 11) is 0. The Morgan fingerprint density at radius 1 is 0.422 bits per heavy atom. The Morgan fingerprint density at radius 2 is 0.867 bits per heavy atom. The smallest absolute Gasteiger partial charge is 0.0924 e. The Morgan fingerprint density at radius 3 is 1.33 bits per heavy atom. The van der Waals surface area contributed by atoms with E-state index in [1.807, 2.05) is 12.4 Å². The summed E-state index contributed by atoms with van der Waals surface area (Å²) in [6.45, 7) is 8.80. The number of hydrogen-bond donors (Lipinski definition) is 0. The molecule has 0 saturated carbocycles. The fourth-order valence-electron chi connectivity index (χ4n) is 7.56. The van der Waals surface area contributed by atoms with Gasteiger partial charge in [-0.2, -0.15) is 0 Å². The van der Waals surface area contributed by atoms with Crippen molar-refractivity contribution in [2.45, 2.75) is 34.1 Å². The van der Waals surface area contributed by atoms with Crippen LogP contribution >= 0.6 is 0 Å². The molecule has 2 heterocycles. The van der Waals surface area contributed by atoms with Crippen LogP contribution in [0.2, 0.25) is 0 Å². The van der Waals surface area contributed by atoms with Crippen molar-refractivity contribution < 1.29 is 0 Å². The average molecular weight is 577 g/mol. The van der Waals surface area contributed by atoms with Gasteiger partial charge in [-0.15, -0.1) is 0 Å². The highest BCUT2D eigenvalue weighted by Gasteiger charge is 2.23. The van der Waals surface area contributed by atoms with Crippen LogP contribution in [0.5, 0.6) is 0 Å². The first-order chi connectivity index (χ1) is 21.9. The molecular weight excluding hydrogens is 544 g/mol. The van der Waals surface area contributed by atoms with E-state index in [2.05, 4.69) is 125 Å². The lowest BCUT2D eigenvalue weighted by Gasteiger charge is -2.13. The van der Waals surface area contributed by atoms with Crippen LogP contribution < -0.4 is 0 Å². The third kappa shape index (κ3) is 3.95. The second-order valence-corrected chi connectivity index (χ2v) is 12.9. The number of rotatable bonds is 2. The molecule has 9 rings (SSSR count). The highest BCUT2D eigenvalue weighted by Crippen LogP contribution is 2.41. The highest BCUT2D eigenvalue weighted by molar-refractivity contribution is 6.08. The minimum atomic E-state index is 0.837. The molecule has 0 N–H and O–H groups in total. The first-order valence-electron chi connectivity index (χ1n) is 15.8. The van der Waals surface area contributed by atoms with Crippen molar-refractivity contribution in [1.82, 2.24) is 9.97 Å². The van der Waals surface area contributed by atoms with Crippen molar-refractivity contribution in [2.75, 3.05) is 0 Å². The zero-order valence-electron chi connectivity index (χ0n) is 26.0. The Balaban J connectivity index is 1.14. The van der Waals surface area contributed by atoms with E-state index in [1.54, 1.807) is 0 Å². The molecule has 0 saturated heterocycles. The largest absolute Gasteiger partial charge is 0.254 e. The molecule has 0 fully saturated rings. The first kappa shape index (κ1) is 26.1. The molecule has 2 nitrogen and oxygen atoms in total. The van der Waals surface area contributed by atoms with Crippen molar-refractivity contribution >= 4 is 43.1 Å². The molecule has 0 radical (unpaired) electrons. The quantitative estimate of drug-likeness (QED) is 0.191. The minimum absolute atomic E-state index is 0.837. The van der Waals surface area contributed by atoms with Crippen molar-refractivity contribution in [3.05, 3.63) is 143 Å². The van der Waals surface area contributed by atoms with Gasteiger partial charge in [0.2, 0.25) is 0 Å². The lowest BCUT2D eigenvalue weighted by atomic mass is 9.92. The van der Waals surface area contributed by atoms with Gasteiger partial charge in [-0.05, 0) is 152 Å². The van der Waals surface area contributed by atoms with E-state index in [0.717, 1.165) is 28.9 Å². The second-order valence-electron chi connectivity index (χ2n) is 12.9. The van der Waals surface area contributed by atoms with Crippen LogP contribution in [0.25, 0.3) is 76.7 Å². The predicted molar refractivity (Wildman–Crippen MR) is 190 cm³/mol. The normalized spacial score (nSPS) is 12.4. The van der Waals surface area contributed by atoms with E-state index in [9.17, 15) is 0 Å². The molecule has 6 aromatic carbocycles. The van der Waals surface area contributed by atoms with E-state index < -0.39 is 0 Å². The summed E-state index contributed by atoms with van der Waals surface area (Å²) in [6.07, 6.45) is 4.91. The predicted octanol–water partition coefficient (Wildman–Crippen LogP) is 11.2. The zero-order valence-corrected chi connectivity index (χ0v) is 26.0. The number of pyridine rings is 2. The molecule has 1 aliphatic carbocycles. The third-order valence-corrected chi connectivity index (χ3v) is 10.1. The van der Waals surface area contributed by atoms with E-state index in [1.165, 1.54) is 87.6 Å². The van der Waals surface area contributed by atoms with Crippen LogP contribution in [0, 0.1) is 27.7 Å². The fourth-order valence-corrected chi connectivity index (χ4v) is 7.56. The number of aryl methyl sites for hydroxylation is 4. The Kier molecular flexibility index (Phi) is 5.55. The summed E-state index contributed by atoms with van der Waals surface area (Å²) in [5, 5.41) is 10.4. The van der Waals surface area contributed by atoms with Gasteiger partial charge < -0.3 is 0 Å². The lowest BCUT2D eigenvalue weighted by Crippen LogP contribution is -1.91. The maximum absolute atomic E-state index is 5.03. The maximum Gasteiger partial charge on any atom is 0.0924 e. The van der Waals surface area contributed by atoms with Gasteiger partial charge in [0.1, 0.15) is 0 Å². The van der Waals surface area contributed by atoms with Crippen molar-refractivity contribution in [3.63, 3.8) is 0 Å². The van der Waals surface area contributed by atoms with E-state index in [0.29, 0.717) is 0 Å². The molecule has 0 spiro atoms. The third-order valence-electron chi connectivity index (χ3n) is 10.1. The Hall–Kier alpha value is -5.34. The second kappa shape index (κ2) is 9.58. The van der Waals surface area contributed by atoms with Gasteiger partial charge in [0.05, 0.1) is 11.4 Å². The zero-order chi connectivity index (χ0) is 30.4. The molecule has 0 aliphatic heterocycles. The topological polar surface area (TPSA) is 25.8 Å². The minimum Gasteiger partial charge on any atom is -0.254 e. The molecule has 0 bridgehead atoms. The van der Waals surface area contributed by atoms with Gasteiger partial charge in [-0.25, -0.2) is 0 Å². The molecule has 2 heteroatoms. The summed E-state index contributed by atoms with van der Waals surface area (Å²) < 4.78 is 0. The molecule has 214 valence electrons. The van der Waals surface area contributed by atoms with Crippen LogP contribution in [0.1, 0.15) is 33.4 Å². The number of aromatic nitrogens is 2. The number of hydrogen-bond acceptors (Lipinski definition) is 2. The van der Waals surface area contributed by atoms with Crippen molar-refractivity contribution in [2.24, 2.45) is 0 Å². The van der Waals surface area contributed by atoms with E-state index >= 15 is 0 Å². The average Bonchev–Trinajstić information content (AvgIpc) is 3.41. The maximum atomic E-state index is 5.03. The van der Waals surface area contributed by atoms with Crippen molar-refractivity contribution in [1.29, 1.82) is 0 Å². The van der Waals surface area contributed by atoms with Crippen molar-refractivity contribution in [3.8, 4) is 33.6 Å². The molecule has 0 atom stereocenters. The molecule has 0 unspecified atom stereocenters. The molecule has 8 aromatic rings. The van der Waals surface area contributed by atoms with Crippen LogP contribution in [0.4, 0.5) is 0 Å². The van der Waals surface area contributed by atoms with Crippen LogP contribution in [0.3, 0.4) is 0 Å². The van der Waals surface area contributed by atoms with Gasteiger partial charge in [-0.3, -0.25) is 9.97 Å². The van der Waals surface area contributed by atoms with Gasteiger partial charge in [0.15, 0.2) is 0 Å². The molecule has 1 aliphatic rings. The Labute approximate surface area is 263 Å². The van der Waals surface area contributed by atoms with Gasteiger partial charge >= 0.3 is 0 Å². The van der Waals surface area contributed by atoms with Crippen LogP contribution in [0.15, 0.2) is 109 Å². The van der Waals surface area contributed by atoms with Gasteiger partial charge in [-0.1, -0.05) is 60.7 Å². The molecular formula is C43H32N2. The van der Waals surface area contributed by atoms with Gasteiger partial charge in [0.25, 0.3) is 0 Å². The van der Waals surface area contributed by atoms with Crippen LogP contribution in [-0.2, 0) is 6.42 Å². The lowest BCUT2D eigenvalue weighted by molar-refractivity contribution is 1.23. The summed E-state index contributed by atoms with van der Waals surface area (Å²) in [5.74, 6) is 0. The molecule has 2 aromatic heterocycles. The number of nitrogens with zero attached hydrogens (tertiary/aromatic N) is 2. The standard InChI is InChI=1S/C43H32N2/c1-24-7-5-9-28-18-40-34(13-11-26(3)38(40)20-36(24)28)32-16-30-15-31-17-33(23-45-43(31)42(30)44-22-32)35-14-12-27(4)39-21-37-25(2)8-6-10-29(37)19-41(35)39/h5-14,16-23H,15H2,1-4H3. The monoisotopic (exact) mass is 576 g/mol. The summed E-state index contributed by atoms with van der Waals surface area (Å²) in [5.41, 5.74) is 14.5.